The number of benzene rings is 2. The van der Waals surface area contributed by atoms with Crippen molar-refractivity contribution in [2.45, 2.75) is 13.3 Å². The molecular formula is C17H14Cl2N2O2. The first kappa shape index (κ1) is 15.8. The summed E-state index contributed by atoms with van der Waals surface area (Å²) in [5, 5.41) is 3.18. The highest BCUT2D eigenvalue weighted by molar-refractivity contribution is 6.33. The lowest BCUT2D eigenvalue weighted by Gasteiger charge is -2.06. The van der Waals surface area contributed by atoms with Crippen LogP contribution in [0.1, 0.15) is 12.5 Å². The Morgan fingerprint density at radius 1 is 1.26 bits per heavy atom. The number of aromatic nitrogens is 1. The van der Waals surface area contributed by atoms with E-state index in [-0.39, 0.29) is 11.8 Å². The highest BCUT2D eigenvalue weighted by Gasteiger charge is 2.13. The maximum absolute atomic E-state index is 11.4. The maximum Gasteiger partial charge on any atom is 0.239 e. The minimum absolute atomic E-state index is 0.110. The van der Waals surface area contributed by atoms with Crippen LogP contribution in [-0.2, 0) is 11.2 Å². The summed E-state index contributed by atoms with van der Waals surface area (Å²) in [4.78, 5) is 15.9. The molecule has 0 spiro atoms. The fraction of sp³-hybridized carbons (Fsp3) is 0.176. The van der Waals surface area contributed by atoms with E-state index in [2.05, 4.69) is 17.2 Å². The second-order valence-corrected chi connectivity index (χ2v) is 5.73. The Bertz CT molecular complexity index is 874. The molecule has 0 aliphatic heterocycles. The molecule has 0 radical (unpaired) electrons. The molecular weight excluding hydrogens is 335 g/mol. The van der Waals surface area contributed by atoms with Crippen molar-refractivity contribution in [3.05, 3.63) is 47.0 Å². The molecule has 1 amide bonds. The van der Waals surface area contributed by atoms with Crippen LogP contribution in [0.5, 0.6) is 0 Å². The van der Waals surface area contributed by atoms with E-state index >= 15 is 0 Å². The van der Waals surface area contributed by atoms with E-state index in [1.807, 2.05) is 18.2 Å². The van der Waals surface area contributed by atoms with Gasteiger partial charge in [-0.05, 0) is 42.3 Å². The Morgan fingerprint density at radius 2 is 2.09 bits per heavy atom. The van der Waals surface area contributed by atoms with Gasteiger partial charge in [0.05, 0.1) is 10.6 Å². The summed E-state index contributed by atoms with van der Waals surface area (Å²) >= 11 is 11.8. The quantitative estimate of drug-likeness (QED) is 0.683. The molecule has 3 rings (SSSR count). The molecule has 23 heavy (non-hydrogen) atoms. The first-order valence-electron chi connectivity index (χ1n) is 7.16. The Hall–Kier alpha value is -2.04. The van der Waals surface area contributed by atoms with Crippen molar-refractivity contribution in [1.29, 1.82) is 0 Å². The number of rotatable bonds is 4. The second kappa shape index (κ2) is 6.60. The summed E-state index contributed by atoms with van der Waals surface area (Å²) in [6.45, 7) is 2.09. The number of anilines is 1. The molecule has 1 N–H and O–H groups in total. The number of halogens is 2. The van der Waals surface area contributed by atoms with Crippen molar-refractivity contribution in [3.8, 4) is 11.5 Å². The molecule has 0 saturated carbocycles. The van der Waals surface area contributed by atoms with Crippen molar-refractivity contribution >= 4 is 45.9 Å². The Morgan fingerprint density at radius 3 is 2.83 bits per heavy atom. The number of carbonyl (C=O) groups is 1. The van der Waals surface area contributed by atoms with Crippen LogP contribution in [0.2, 0.25) is 5.02 Å². The van der Waals surface area contributed by atoms with Crippen molar-refractivity contribution in [3.63, 3.8) is 0 Å². The van der Waals surface area contributed by atoms with Gasteiger partial charge in [-0.2, -0.15) is 0 Å². The number of hydrogen-bond donors (Lipinski definition) is 1. The number of aryl methyl sites for hydroxylation is 1. The summed E-state index contributed by atoms with van der Waals surface area (Å²) < 4.78 is 5.79. The van der Waals surface area contributed by atoms with Crippen LogP contribution in [0.3, 0.4) is 0 Å². The molecule has 0 fully saturated rings. The third kappa shape index (κ3) is 3.33. The monoisotopic (exact) mass is 348 g/mol. The lowest BCUT2D eigenvalue weighted by atomic mass is 10.1. The van der Waals surface area contributed by atoms with Gasteiger partial charge in [-0.3, -0.25) is 4.79 Å². The van der Waals surface area contributed by atoms with Gasteiger partial charge < -0.3 is 9.73 Å². The number of carbonyl (C=O) groups excluding carboxylic acids is 1. The lowest BCUT2D eigenvalue weighted by Crippen LogP contribution is -2.12. The number of nitrogens with zero attached hydrogens (tertiary/aromatic N) is 1. The third-order valence-electron chi connectivity index (χ3n) is 3.46. The van der Waals surface area contributed by atoms with Gasteiger partial charge >= 0.3 is 0 Å². The number of oxazole rings is 1. The van der Waals surface area contributed by atoms with Crippen molar-refractivity contribution in [2.24, 2.45) is 0 Å². The molecule has 0 unspecified atom stereocenters. The Labute approximate surface area is 143 Å². The number of hydrogen-bond acceptors (Lipinski definition) is 3. The van der Waals surface area contributed by atoms with Crippen molar-refractivity contribution < 1.29 is 9.21 Å². The minimum atomic E-state index is -0.287. The zero-order valence-electron chi connectivity index (χ0n) is 12.4. The standard InChI is InChI=1S/C17H14Cl2N2O2/c1-2-10-3-6-15-14(7-10)21-17(23-15)12-8-11(4-5-13(12)19)20-16(22)9-18/h3-8H,2,9H2,1H3,(H,20,22). The summed E-state index contributed by atoms with van der Waals surface area (Å²) in [6.07, 6.45) is 0.929. The topological polar surface area (TPSA) is 55.1 Å². The zero-order valence-corrected chi connectivity index (χ0v) is 13.9. The molecule has 6 heteroatoms. The van der Waals surface area contributed by atoms with Gasteiger partial charge in [0.1, 0.15) is 11.4 Å². The van der Waals surface area contributed by atoms with Gasteiger partial charge in [0.15, 0.2) is 5.58 Å². The Kier molecular flexibility index (Phi) is 4.55. The first-order chi connectivity index (χ1) is 11.1. The molecule has 2 aromatic carbocycles. The smallest absolute Gasteiger partial charge is 0.239 e. The van der Waals surface area contributed by atoms with E-state index in [1.54, 1.807) is 18.2 Å². The van der Waals surface area contributed by atoms with Crippen LogP contribution in [0, 0.1) is 0 Å². The van der Waals surface area contributed by atoms with Crippen molar-refractivity contribution in [2.75, 3.05) is 11.2 Å². The average Bonchev–Trinajstić information content (AvgIpc) is 2.99. The largest absolute Gasteiger partial charge is 0.436 e. The molecule has 0 atom stereocenters. The van der Waals surface area contributed by atoms with E-state index in [0.29, 0.717) is 27.7 Å². The summed E-state index contributed by atoms with van der Waals surface area (Å²) in [7, 11) is 0. The fourth-order valence-corrected chi connectivity index (χ4v) is 2.53. The summed E-state index contributed by atoms with van der Waals surface area (Å²) in [5.74, 6) is 0.0194. The van der Waals surface area contributed by atoms with Crippen molar-refractivity contribution in [1.82, 2.24) is 4.98 Å². The van der Waals surface area contributed by atoms with E-state index in [0.717, 1.165) is 11.9 Å². The number of amides is 1. The van der Waals surface area contributed by atoms with E-state index in [1.165, 1.54) is 5.56 Å². The van der Waals surface area contributed by atoms with Crippen LogP contribution >= 0.6 is 23.2 Å². The zero-order chi connectivity index (χ0) is 16.4. The molecule has 1 heterocycles. The molecule has 0 saturated heterocycles. The number of fused-ring (bicyclic) bond motifs is 1. The molecule has 1 aromatic heterocycles. The molecule has 3 aromatic rings. The lowest BCUT2D eigenvalue weighted by molar-refractivity contribution is -0.113. The molecule has 0 aliphatic carbocycles. The van der Waals surface area contributed by atoms with Gasteiger partial charge in [0.2, 0.25) is 11.8 Å². The van der Waals surface area contributed by atoms with E-state index in [9.17, 15) is 4.79 Å². The fourth-order valence-electron chi connectivity index (χ4n) is 2.27. The SMILES string of the molecule is CCc1ccc2oc(-c3cc(NC(=O)CCl)ccc3Cl)nc2c1. The third-order valence-corrected chi connectivity index (χ3v) is 4.03. The van der Waals surface area contributed by atoms with Crippen LogP contribution in [0.15, 0.2) is 40.8 Å². The van der Waals surface area contributed by atoms with E-state index < -0.39 is 0 Å². The van der Waals surface area contributed by atoms with Crippen LogP contribution in [0.4, 0.5) is 5.69 Å². The molecule has 4 nitrogen and oxygen atoms in total. The van der Waals surface area contributed by atoms with Gasteiger partial charge in [0.25, 0.3) is 0 Å². The van der Waals surface area contributed by atoms with Gasteiger partial charge in [0, 0.05) is 5.69 Å². The molecule has 0 aliphatic rings. The number of alkyl halides is 1. The highest BCUT2D eigenvalue weighted by Crippen LogP contribution is 2.32. The Balaban J connectivity index is 2.03. The van der Waals surface area contributed by atoms with Gasteiger partial charge in [-0.1, -0.05) is 24.6 Å². The van der Waals surface area contributed by atoms with Crippen LogP contribution in [-0.4, -0.2) is 16.8 Å². The van der Waals surface area contributed by atoms with E-state index in [4.69, 9.17) is 27.6 Å². The second-order valence-electron chi connectivity index (χ2n) is 5.05. The molecule has 0 bridgehead atoms. The highest BCUT2D eigenvalue weighted by atomic mass is 35.5. The number of nitrogens with one attached hydrogen (secondary N) is 1. The molecule has 118 valence electrons. The normalized spacial score (nSPS) is 10.9. The van der Waals surface area contributed by atoms with Crippen LogP contribution < -0.4 is 5.32 Å². The summed E-state index contributed by atoms with van der Waals surface area (Å²) in [6, 6.07) is 11.0. The predicted molar refractivity (Wildman–Crippen MR) is 93.2 cm³/mol. The van der Waals surface area contributed by atoms with Gasteiger partial charge in [-0.25, -0.2) is 4.98 Å². The minimum Gasteiger partial charge on any atom is -0.436 e. The predicted octanol–water partition coefficient (Wildman–Crippen LogP) is 4.89. The summed E-state index contributed by atoms with van der Waals surface area (Å²) in [5.41, 5.74) is 3.88. The van der Waals surface area contributed by atoms with Crippen LogP contribution in [0.25, 0.3) is 22.6 Å². The maximum atomic E-state index is 11.4. The average molecular weight is 349 g/mol. The first-order valence-corrected chi connectivity index (χ1v) is 8.07. The van der Waals surface area contributed by atoms with Gasteiger partial charge in [-0.15, -0.1) is 11.6 Å².